The quantitative estimate of drug-likeness (QED) is 0.599. The van der Waals surface area contributed by atoms with Crippen molar-refractivity contribution in [2.24, 2.45) is 0 Å². The van der Waals surface area contributed by atoms with E-state index in [0.29, 0.717) is 19.0 Å². The number of methoxy groups -OCH3 is 1. The average molecular weight is 278 g/mol. The van der Waals surface area contributed by atoms with Crippen LogP contribution in [0, 0.1) is 0 Å². The number of carbonyl (C=O) groups excluding carboxylic acids is 1. The van der Waals surface area contributed by atoms with E-state index in [1.54, 1.807) is 0 Å². The normalized spacial score (nSPS) is 15.9. The predicted molar refractivity (Wildman–Crippen MR) is 68.7 cm³/mol. The molecule has 6 nitrogen and oxygen atoms in total. The summed E-state index contributed by atoms with van der Waals surface area (Å²) < 4.78 is 30.2. The number of sulfonamides is 1. The molecule has 0 bridgehead atoms. The van der Waals surface area contributed by atoms with Gasteiger partial charge in [0, 0.05) is 25.6 Å². The Labute approximate surface area is 109 Å². The number of esters is 1. The smallest absolute Gasteiger partial charge is 0.305 e. The summed E-state index contributed by atoms with van der Waals surface area (Å²) in [6.07, 6.45) is 2.85. The SMILES string of the molecule is COC(=O)CCCS(=O)(=O)NCCN(C)C1CC1. The molecule has 0 radical (unpaired) electrons. The molecule has 1 N–H and O–H groups in total. The minimum Gasteiger partial charge on any atom is -0.469 e. The molecule has 0 amide bonds. The van der Waals surface area contributed by atoms with E-state index in [2.05, 4.69) is 14.4 Å². The Bertz CT molecular complexity index is 365. The zero-order valence-corrected chi connectivity index (χ0v) is 11.8. The van der Waals surface area contributed by atoms with Crippen LogP contribution >= 0.6 is 0 Å². The molecule has 1 fully saturated rings. The van der Waals surface area contributed by atoms with Gasteiger partial charge in [0.15, 0.2) is 0 Å². The average Bonchev–Trinajstić information content (AvgIpc) is 3.11. The topological polar surface area (TPSA) is 75.7 Å². The number of carbonyl (C=O) groups is 1. The number of hydrogen-bond donors (Lipinski definition) is 1. The molecule has 0 heterocycles. The summed E-state index contributed by atoms with van der Waals surface area (Å²) in [6, 6.07) is 0.633. The molecule has 1 aliphatic carbocycles. The van der Waals surface area contributed by atoms with E-state index in [9.17, 15) is 13.2 Å². The molecular weight excluding hydrogens is 256 g/mol. The van der Waals surface area contributed by atoms with Crippen LogP contribution in [-0.4, -0.2) is 58.3 Å². The number of hydrogen-bond acceptors (Lipinski definition) is 5. The van der Waals surface area contributed by atoms with Crippen molar-refractivity contribution in [1.82, 2.24) is 9.62 Å². The maximum atomic E-state index is 11.6. The highest BCUT2D eigenvalue weighted by atomic mass is 32.2. The molecule has 18 heavy (non-hydrogen) atoms. The van der Waals surface area contributed by atoms with E-state index in [4.69, 9.17) is 0 Å². The Kier molecular flexibility index (Phi) is 6.04. The van der Waals surface area contributed by atoms with Crippen LogP contribution in [0.5, 0.6) is 0 Å². The van der Waals surface area contributed by atoms with Crippen LogP contribution in [0.4, 0.5) is 0 Å². The lowest BCUT2D eigenvalue weighted by Gasteiger charge is -2.15. The van der Waals surface area contributed by atoms with Gasteiger partial charge >= 0.3 is 5.97 Å². The molecule has 0 aromatic carbocycles. The largest absolute Gasteiger partial charge is 0.469 e. The van der Waals surface area contributed by atoms with Gasteiger partial charge in [0.25, 0.3) is 0 Å². The van der Waals surface area contributed by atoms with Crippen molar-refractivity contribution in [2.75, 3.05) is 33.0 Å². The van der Waals surface area contributed by atoms with Crippen LogP contribution in [0.15, 0.2) is 0 Å². The molecule has 106 valence electrons. The van der Waals surface area contributed by atoms with Crippen molar-refractivity contribution in [1.29, 1.82) is 0 Å². The molecule has 0 spiro atoms. The second kappa shape index (κ2) is 7.06. The minimum atomic E-state index is -3.27. The van der Waals surface area contributed by atoms with E-state index < -0.39 is 10.0 Å². The maximum absolute atomic E-state index is 11.6. The molecule has 7 heteroatoms. The van der Waals surface area contributed by atoms with Crippen LogP contribution in [0.3, 0.4) is 0 Å². The first-order valence-electron chi connectivity index (χ1n) is 6.19. The maximum Gasteiger partial charge on any atom is 0.305 e. The minimum absolute atomic E-state index is 0.0325. The summed E-state index contributed by atoms with van der Waals surface area (Å²) in [4.78, 5) is 13.0. The van der Waals surface area contributed by atoms with Crippen molar-refractivity contribution in [2.45, 2.75) is 31.7 Å². The zero-order valence-electron chi connectivity index (χ0n) is 11.0. The molecule has 0 aromatic heterocycles. The Morgan fingerprint density at radius 1 is 1.44 bits per heavy atom. The summed E-state index contributed by atoms with van der Waals surface area (Å²) in [5.41, 5.74) is 0. The van der Waals surface area contributed by atoms with Crippen LogP contribution in [-0.2, 0) is 19.6 Å². The van der Waals surface area contributed by atoms with Gasteiger partial charge in [-0.2, -0.15) is 0 Å². The highest BCUT2D eigenvalue weighted by Gasteiger charge is 2.25. The van der Waals surface area contributed by atoms with E-state index in [1.165, 1.54) is 20.0 Å². The number of ether oxygens (including phenoxy) is 1. The third-order valence-corrected chi connectivity index (χ3v) is 4.45. The van der Waals surface area contributed by atoms with Crippen LogP contribution in [0.1, 0.15) is 25.7 Å². The van der Waals surface area contributed by atoms with Crippen molar-refractivity contribution in [3.05, 3.63) is 0 Å². The Morgan fingerprint density at radius 2 is 2.11 bits per heavy atom. The molecule has 1 aliphatic rings. The van der Waals surface area contributed by atoms with Gasteiger partial charge in [-0.25, -0.2) is 13.1 Å². The van der Waals surface area contributed by atoms with Crippen molar-refractivity contribution >= 4 is 16.0 Å². The summed E-state index contributed by atoms with van der Waals surface area (Å²) in [6.45, 7) is 1.15. The summed E-state index contributed by atoms with van der Waals surface area (Å²) >= 11 is 0. The van der Waals surface area contributed by atoms with Gasteiger partial charge in [-0.3, -0.25) is 4.79 Å². The van der Waals surface area contributed by atoms with Crippen molar-refractivity contribution < 1.29 is 17.9 Å². The fourth-order valence-electron chi connectivity index (χ4n) is 1.66. The second-order valence-corrected chi connectivity index (χ2v) is 6.53. The van der Waals surface area contributed by atoms with Crippen molar-refractivity contribution in [3.8, 4) is 0 Å². The van der Waals surface area contributed by atoms with E-state index in [0.717, 1.165) is 6.54 Å². The Morgan fingerprint density at radius 3 is 2.67 bits per heavy atom. The molecule has 0 atom stereocenters. The zero-order chi connectivity index (χ0) is 13.6. The Hall–Kier alpha value is -0.660. The second-order valence-electron chi connectivity index (χ2n) is 4.60. The molecule has 0 unspecified atom stereocenters. The molecular formula is C11H22N2O4S. The van der Waals surface area contributed by atoms with Crippen LogP contribution in [0.25, 0.3) is 0 Å². The lowest BCUT2D eigenvalue weighted by Crippen LogP contribution is -2.35. The monoisotopic (exact) mass is 278 g/mol. The first kappa shape index (κ1) is 15.4. The van der Waals surface area contributed by atoms with Crippen LogP contribution < -0.4 is 4.72 Å². The van der Waals surface area contributed by atoms with Gasteiger partial charge in [-0.05, 0) is 26.3 Å². The first-order valence-corrected chi connectivity index (χ1v) is 7.84. The van der Waals surface area contributed by atoms with Gasteiger partial charge < -0.3 is 9.64 Å². The van der Waals surface area contributed by atoms with E-state index in [-0.39, 0.29) is 18.1 Å². The third kappa shape index (κ3) is 6.32. The van der Waals surface area contributed by atoms with E-state index >= 15 is 0 Å². The summed E-state index contributed by atoms with van der Waals surface area (Å²) in [5, 5.41) is 0. The summed E-state index contributed by atoms with van der Waals surface area (Å²) in [7, 11) is 0.0268. The number of rotatable bonds is 9. The standard InChI is InChI=1S/C11H22N2O4S/c1-13(10-5-6-10)8-7-12-18(15,16)9-3-4-11(14)17-2/h10,12H,3-9H2,1-2H3. The Balaban J connectivity index is 2.12. The van der Waals surface area contributed by atoms with Crippen LogP contribution in [0.2, 0.25) is 0 Å². The first-order chi connectivity index (χ1) is 8.44. The predicted octanol–water partition coefficient (Wildman–Crippen LogP) is -0.0468. The molecule has 1 rings (SSSR count). The number of nitrogens with zero attached hydrogens (tertiary/aromatic N) is 1. The molecule has 0 aromatic rings. The molecule has 0 aliphatic heterocycles. The van der Waals surface area contributed by atoms with Crippen molar-refractivity contribution in [3.63, 3.8) is 0 Å². The van der Waals surface area contributed by atoms with Gasteiger partial charge in [-0.15, -0.1) is 0 Å². The number of likely N-dealkylation sites (N-methyl/N-ethyl adjacent to an activating group) is 1. The van der Waals surface area contributed by atoms with Gasteiger partial charge in [0.2, 0.25) is 10.0 Å². The highest BCUT2D eigenvalue weighted by molar-refractivity contribution is 7.89. The van der Waals surface area contributed by atoms with Gasteiger partial charge in [0.05, 0.1) is 12.9 Å². The highest BCUT2D eigenvalue weighted by Crippen LogP contribution is 2.24. The molecule has 1 saturated carbocycles. The fourth-order valence-corrected chi connectivity index (χ4v) is 2.73. The van der Waals surface area contributed by atoms with Gasteiger partial charge in [0.1, 0.15) is 0 Å². The van der Waals surface area contributed by atoms with E-state index in [1.807, 2.05) is 7.05 Å². The van der Waals surface area contributed by atoms with Gasteiger partial charge in [-0.1, -0.05) is 0 Å². The summed E-state index contributed by atoms with van der Waals surface area (Å²) in [5.74, 6) is -0.409. The lowest BCUT2D eigenvalue weighted by atomic mass is 10.3. The third-order valence-electron chi connectivity index (χ3n) is 2.98. The number of nitrogens with one attached hydrogen (secondary N) is 1. The fraction of sp³-hybridized carbons (Fsp3) is 0.909. The lowest BCUT2D eigenvalue weighted by molar-refractivity contribution is -0.140. The molecule has 0 saturated heterocycles.